The lowest BCUT2D eigenvalue weighted by Gasteiger charge is -2.21. The van der Waals surface area contributed by atoms with Crippen LogP contribution in [0.1, 0.15) is 18.9 Å². The van der Waals surface area contributed by atoms with E-state index in [1.54, 1.807) is 12.1 Å². The molecular formula is C19H20N4O4. The highest BCUT2D eigenvalue weighted by molar-refractivity contribution is 5.55. The summed E-state index contributed by atoms with van der Waals surface area (Å²) in [6, 6.07) is 15.6. The lowest BCUT2D eigenvalue weighted by atomic mass is 10.2. The molecule has 0 aliphatic carbocycles. The smallest absolute Gasteiger partial charge is 0.269 e. The zero-order chi connectivity index (χ0) is 19.2. The number of likely N-dealkylation sites (N-methyl/N-ethyl adjacent to an activating group) is 1. The summed E-state index contributed by atoms with van der Waals surface area (Å²) in [7, 11) is 1.95. The van der Waals surface area contributed by atoms with Crippen molar-refractivity contribution < 1.29 is 14.1 Å². The molecule has 3 aromatic rings. The molecule has 0 amide bonds. The summed E-state index contributed by atoms with van der Waals surface area (Å²) in [5, 5.41) is 18.9. The van der Waals surface area contributed by atoms with Crippen molar-refractivity contribution in [2.45, 2.75) is 13.0 Å². The maximum absolute atomic E-state index is 10.7. The van der Waals surface area contributed by atoms with E-state index in [-0.39, 0.29) is 11.7 Å². The molecule has 3 rings (SSSR count). The molecule has 8 nitrogen and oxygen atoms in total. The Bertz CT molecular complexity index is 880. The highest BCUT2D eigenvalue weighted by Crippen LogP contribution is 2.24. The molecule has 1 heterocycles. The van der Waals surface area contributed by atoms with Crippen molar-refractivity contribution in [3.63, 3.8) is 0 Å². The number of nitro benzene ring substituents is 1. The molecule has 2 aromatic carbocycles. The SMILES string of the molecule is C[C@H](c1nnc(-c2ccc([N+](=O)[O-])cc2)o1)N(C)CCOc1ccccc1. The number of aromatic nitrogens is 2. The van der Waals surface area contributed by atoms with Gasteiger partial charge in [-0.25, -0.2) is 0 Å². The van der Waals surface area contributed by atoms with Crippen LogP contribution in [0.15, 0.2) is 59.0 Å². The molecule has 0 saturated heterocycles. The second kappa shape index (κ2) is 8.41. The van der Waals surface area contributed by atoms with Crippen LogP contribution in [0.5, 0.6) is 5.75 Å². The molecule has 0 unspecified atom stereocenters. The van der Waals surface area contributed by atoms with Crippen LogP contribution >= 0.6 is 0 Å². The first-order chi connectivity index (χ1) is 13.0. The molecule has 0 N–H and O–H groups in total. The van der Waals surface area contributed by atoms with Gasteiger partial charge in [-0.05, 0) is 38.2 Å². The van der Waals surface area contributed by atoms with Crippen molar-refractivity contribution in [2.24, 2.45) is 0 Å². The van der Waals surface area contributed by atoms with Gasteiger partial charge in [0.1, 0.15) is 12.4 Å². The minimum atomic E-state index is -0.447. The summed E-state index contributed by atoms with van der Waals surface area (Å²) < 4.78 is 11.4. The van der Waals surface area contributed by atoms with Gasteiger partial charge in [-0.1, -0.05) is 18.2 Å². The van der Waals surface area contributed by atoms with Gasteiger partial charge >= 0.3 is 0 Å². The van der Waals surface area contributed by atoms with E-state index in [4.69, 9.17) is 9.15 Å². The largest absolute Gasteiger partial charge is 0.492 e. The Labute approximate surface area is 156 Å². The quantitative estimate of drug-likeness (QED) is 0.442. The summed E-state index contributed by atoms with van der Waals surface area (Å²) in [4.78, 5) is 12.3. The van der Waals surface area contributed by atoms with Crippen LogP contribution in [0.2, 0.25) is 0 Å². The Balaban J connectivity index is 1.58. The lowest BCUT2D eigenvalue weighted by molar-refractivity contribution is -0.384. The van der Waals surface area contributed by atoms with E-state index in [1.165, 1.54) is 12.1 Å². The first kappa shape index (κ1) is 18.5. The molecule has 0 saturated carbocycles. The fourth-order valence-corrected chi connectivity index (χ4v) is 2.45. The maximum Gasteiger partial charge on any atom is 0.269 e. The summed E-state index contributed by atoms with van der Waals surface area (Å²) in [6.45, 7) is 3.19. The highest BCUT2D eigenvalue weighted by Gasteiger charge is 2.19. The molecule has 0 fully saturated rings. The molecule has 0 radical (unpaired) electrons. The van der Waals surface area contributed by atoms with Crippen molar-refractivity contribution in [3.8, 4) is 17.2 Å². The summed E-state index contributed by atoms with van der Waals surface area (Å²) in [5.41, 5.74) is 0.659. The number of nitro groups is 1. The fraction of sp³-hybridized carbons (Fsp3) is 0.263. The molecule has 140 valence electrons. The van der Waals surface area contributed by atoms with Gasteiger partial charge in [-0.3, -0.25) is 15.0 Å². The van der Waals surface area contributed by atoms with Crippen molar-refractivity contribution in [2.75, 3.05) is 20.2 Å². The number of hydrogen-bond acceptors (Lipinski definition) is 7. The van der Waals surface area contributed by atoms with Gasteiger partial charge in [0.25, 0.3) is 5.69 Å². The van der Waals surface area contributed by atoms with Crippen LogP contribution in [-0.4, -0.2) is 40.2 Å². The van der Waals surface area contributed by atoms with Gasteiger partial charge in [0, 0.05) is 24.2 Å². The van der Waals surface area contributed by atoms with Gasteiger partial charge in [-0.15, -0.1) is 10.2 Å². The predicted octanol–water partition coefficient (Wildman–Crippen LogP) is 3.72. The molecule has 1 aromatic heterocycles. The van der Waals surface area contributed by atoms with Gasteiger partial charge in [-0.2, -0.15) is 0 Å². The summed E-state index contributed by atoms with van der Waals surface area (Å²) in [5.74, 6) is 1.64. The van der Waals surface area contributed by atoms with E-state index in [0.29, 0.717) is 30.5 Å². The van der Waals surface area contributed by atoms with Crippen molar-refractivity contribution >= 4 is 5.69 Å². The summed E-state index contributed by atoms with van der Waals surface area (Å²) in [6.07, 6.45) is 0. The Morgan fingerprint density at radius 3 is 2.52 bits per heavy atom. The predicted molar refractivity (Wildman–Crippen MR) is 99.4 cm³/mol. The maximum atomic E-state index is 10.7. The van der Waals surface area contributed by atoms with Crippen LogP contribution in [0.25, 0.3) is 11.5 Å². The number of para-hydroxylation sites is 1. The van der Waals surface area contributed by atoms with E-state index in [1.807, 2.05) is 44.3 Å². The third-order valence-electron chi connectivity index (χ3n) is 4.24. The molecule has 1 atom stereocenters. The number of benzene rings is 2. The van der Waals surface area contributed by atoms with E-state index in [9.17, 15) is 10.1 Å². The molecule has 0 spiro atoms. The number of non-ortho nitro benzene ring substituents is 1. The molecular weight excluding hydrogens is 348 g/mol. The average molecular weight is 368 g/mol. The second-order valence-electron chi connectivity index (χ2n) is 6.07. The third kappa shape index (κ3) is 4.68. The first-order valence-corrected chi connectivity index (χ1v) is 8.51. The third-order valence-corrected chi connectivity index (χ3v) is 4.24. The van der Waals surface area contributed by atoms with E-state index in [0.717, 1.165) is 5.75 Å². The average Bonchev–Trinajstić information content (AvgIpc) is 3.18. The summed E-state index contributed by atoms with van der Waals surface area (Å²) >= 11 is 0. The van der Waals surface area contributed by atoms with Crippen molar-refractivity contribution in [1.82, 2.24) is 15.1 Å². The van der Waals surface area contributed by atoms with Crippen molar-refractivity contribution in [3.05, 3.63) is 70.6 Å². The van der Waals surface area contributed by atoms with Crippen LogP contribution in [0.4, 0.5) is 5.69 Å². The molecule has 0 aliphatic heterocycles. The normalized spacial score (nSPS) is 12.1. The fourth-order valence-electron chi connectivity index (χ4n) is 2.45. The van der Waals surface area contributed by atoms with Crippen LogP contribution in [0, 0.1) is 10.1 Å². The van der Waals surface area contributed by atoms with Gasteiger partial charge in [0.05, 0.1) is 11.0 Å². The van der Waals surface area contributed by atoms with E-state index in [2.05, 4.69) is 15.1 Å². The topological polar surface area (TPSA) is 94.5 Å². The highest BCUT2D eigenvalue weighted by atomic mass is 16.6. The van der Waals surface area contributed by atoms with E-state index < -0.39 is 4.92 Å². The van der Waals surface area contributed by atoms with Crippen LogP contribution < -0.4 is 4.74 Å². The molecule has 0 aliphatic rings. The minimum Gasteiger partial charge on any atom is -0.492 e. The Morgan fingerprint density at radius 1 is 1.15 bits per heavy atom. The van der Waals surface area contributed by atoms with Gasteiger partial charge < -0.3 is 9.15 Å². The van der Waals surface area contributed by atoms with Crippen LogP contribution in [-0.2, 0) is 0 Å². The Morgan fingerprint density at radius 2 is 1.85 bits per heavy atom. The zero-order valence-electron chi connectivity index (χ0n) is 15.1. The second-order valence-corrected chi connectivity index (χ2v) is 6.07. The van der Waals surface area contributed by atoms with E-state index >= 15 is 0 Å². The first-order valence-electron chi connectivity index (χ1n) is 8.51. The molecule has 8 heteroatoms. The van der Waals surface area contributed by atoms with Gasteiger partial charge in [0.2, 0.25) is 11.8 Å². The number of rotatable bonds is 8. The minimum absolute atomic E-state index is 0.0185. The lowest BCUT2D eigenvalue weighted by Crippen LogP contribution is -2.27. The Kier molecular flexibility index (Phi) is 5.77. The van der Waals surface area contributed by atoms with Crippen molar-refractivity contribution in [1.29, 1.82) is 0 Å². The van der Waals surface area contributed by atoms with Crippen LogP contribution in [0.3, 0.4) is 0 Å². The number of hydrogen-bond donors (Lipinski definition) is 0. The number of ether oxygens (including phenoxy) is 1. The standard InChI is InChI=1S/C19H20N4O4/c1-14(22(2)12-13-26-17-6-4-3-5-7-17)18-20-21-19(27-18)15-8-10-16(11-9-15)23(24)25/h3-11,14H,12-13H2,1-2H3/t14-/m1/s1. The molecule has 0 bridgehead atoms. The monoisotopic (exact) mass is 368 g/mol. The Hall–Kier alpha value is -3.26. The number of nitrogens with zero attached hydrogens (tertiary/aromatic N) is 4. The van der Waals surface area contributed by atoms with Gasteiger partial charge in [0.15, 0.2) is 0 Å². The zero-order valence-corrected chi connectivity index (χ0v) is 15.1. The molecule has 27 heavy (non-hydrogen) atoms.